The third kappa shape index (κ3) is 5.68. The average Bonchev–Trinajstić information content (AvgIpc) is 2.61. The highest BCUT2D eigenvalue weighted by atomic mass is 16.6. The molecule has 0 amide bonds. The van der Waals surface area contributed by atoms with E-state index >= 15 is 0 Å². The Balaban J connectivity index is 1.76. The van der Waals surface area contributed by atoms with Crippen molar-refractivity contribution in [3.05, 3.63) is 34.4 Å². The van der Waals surface area contributed by atoms with E-state index in [2.05, 4.69) is 4.90 Å². The summed E-state index contributed by atoms with van der Waals surface area (Å²) in [4.78, 5) is 24.2. The Morgan fingerprint density at radius 2 is 2.08 bits per heavy atom. The van der Waals surface area contributed by atoms with E-state index in [1.54, 1.807) is 19.1 Å². The molecule has 1 aliphatic heterocycles. The van der Waals surface area contributed by atoms with Crippen molar-refractivity contribution in [2.45, 2.75) is 25.9 Å². The number of hydrogen-bond donors (Lipinski definition) is 1. The monoisotopic (exact) mass is 352 g/mol. The summed E-state index contributed by atoms with van der Waals surface area (Å²) in [5, 5.41) is 21.1. The van der Waals surface area contributed by atoms with Crippen LogP contribution in [0.1, 0.15) is 19.8 Å². The largest absolute Gasteiger partial charge is 0.484 e. The number of carbonyl (C=O) groups is 1. The Labute approximate surface area is 146 Å². The molecule has 0 aliphatic carbocycles. The van der Waals surface area contributed by atoms with Crippen molar-refractivity contribution in [2.24, 2.45) is 5.92 Å². The summed E-state index contributed by atoms with van der Waals surface area (Å²) in [7, 11) is 0. The maximum absolute atomic E-state index is 11.7. The molecule has 1 unspecified atom stereocenters. The minimum absolute atomic E-state index is 0.0251. The van der Waals surface area contributed by atoms with Crippen molar-refractivity contribution in [2.75, 3.05) is 32.8 Å². The van der Waals surface area contributed by atoms with Gasteiger partial charge in [-0.3, -0.25) is 14.9 Å². The van der Waals surface area contributed by atoms with Crippen LogP contribution >= 0.6 is 0 Å². The van der Waals surface area contributed by atoms with Gasteiger partial charge in [0.1, 0.15) is 12.7 Å². The van der Waals surface area contributed by atoms with Crippen molar-refractivity contribution < 1.29 is 24.3 Å². The molecule has 1 atom stereocenters. The fraction of sp³-hybridized carbons (Fsp3) is 0.588. The van der Waals surface area contributed by atoms with Crippen LogP contribution in [0, 0.1) is 16.0 Å². The molecule has 8 heteroatoms. The first-order valence-corrected chi connectivity index (χ1v) is 8.44. The molecule has 1 fully saturated rings. The summed E-state index contributed by atoms with van der Waals surface area (Å²) in [6, 6.07) is 6.08. The van der Waals surface area contributed by atoms with E-state index in [0.717, 1.165) is 0 Å². The Morgan fingerprint density at radius 1 is 1.40 bits per heavy atom. The molecule has 1 aromatic carbocycles. The highest BCUT2D eigenvalue weighted by Gasteiger charge is 2.27. The van der Waals surface area contributed by atoms with Gasteiger partial charge < -0.3 is 19.5 Å². The van der Waals surface area contributed by atoms with Crippen molar-refractivity contribution in [1.29, 1.82) is 0 Å². The number of ether oxygens (including phenoxy) is 2. The number of benzene rings is 1. The molecule has 0 bridgehead atoms. The lowest BCUT2D eigenvalue weighted by molar-refractivity contribution is -0.385. The number of nitro groups is 1. The number of aliphatic hydroxyl groups is 1. The summed E-state index contributed by atoms with van der Waals surface area (Å²) in [5.74, 6) is -0.0773. The van der Waals surface area contributed by atoms with Gasteiger partial charge in [0.05, 0.1) is 17.4 Å². The van der Waals surface area contributed by atoms with Crippen LogP contribution in [0.3, 0.4) is 0 Å². The summed E-state index contributed by atoms with van der Waals surface area (Å²) in [6.07, 6.45) is 0.645. The number of β-amino-alcohol motifs (C(OH)–C–C–N with tert-alkyl or cyclic N) is 1. The van der Waals surface area contributed by atoms with E-state index < -0.39 is 11.0 Å². The summed E-state index contributed by atoms with van der Waals surface area (Å²) < 4.78 is 10.4. The number of aliphatic hydroxyl groups excluding tert-OH is 1. The zero-order chi connectivity index (χ0) is 18.2. The second-order valence-electron chi connectivity index (χ2n) is 6.02. The van der Waals surface area contributed by atoms with Gasteiger partial charge in [-0.15, -0.1) is 0 Å². The van der Waals surface area contributed by atoms with Gasteiger partial charge in [-0.05, 0) is 38.9 Å². The highest BCUT2D eigenvalue weighted by Crippen LogP contribution is 2.26. The number of hydrogen-bond acceptors (Lipinski definition) is 7. The minimum Gasteiger partial charge on any atom is -0.484 e. The SMILES string of the molecule is CCOC(=O)C1CCN(CC(O)COc2ccccc2[N+](=O)[O-])CC1. The zero-order valence-corrected chi connectivity index (χ0v) is 14.3. The van der Waals surface area contributed by atoms with Gasteiger partial charge in [0.25, 0.3) is 0 Å². The summed E-state index contributed by atoms with van der Waals surface area (Å²) >= 11 is 0. The zero-order valence-electron chi connectivity index (χ0n) is 14.3. The summed E-state index contributed by atoms with van der Waals surface area (Å²) in [6.45, 7) is 3.96. The fourth-order valence-corrected chi connectivity index (χ4v) is 2.88. The molecule has 0 radical (unpaired) electrons. The first-order valence-electron chi connectivity index (χ1n) is 8.44. The predicted octanol–water partition coefficient (Wildman–Crippen LogP) is 1.61. The number of likely N-dealkylation sites (tertiary alicyclic amines) is 1. The third-order valence-electron chi connectivity index (χ3n) is 4.17. The van der Waals surface area contributed by atoms with Crippen LogP contribution in [-0.2, 0) is 9.53 Å². The first-order chi connectivity index (χ1) is 12.0. The molecule has 1 saturated heterocycles. The Bertz CT molecular complexity index is 586. The molecule has 1 heterocycles. The van der Waals surface area contributed by atoms with Crippen molar-refractivity contribution >= 4 is 11.7 Å². The van der Waals surface area contributed by atoms with Gasteiger partial charge in [-0.2, -0.15) is 0 Å². The number of nitrogens with zero attached hydrogens (tertiary/aromatic N) is 2. The quantitative estimate of drug-likeness (QED) is 0.431. The van der Waals surface area contributed by atoms with Gasteiger partial charge in [0.15, 0.2) is 5.75 Å². The van der Waals surface area contributed by atoms with Crippen LogP contribution in [0.5, 0.6) is 5.75 Å². The van der Waals surface area contributed by atoms with Crippen LogP contribution < -0.4 is 4.74 Å². The number of esters is 1. The lowest BCUT2D eigenvalue weighted by Gasteiger charge is -2.32. The van der Waals surface area contributed by atoms with E-state index in [4.69, 9.17) is 9.47 Å². The van der Waals surface area contributed by atoms with Gasteiger partial charge in [-0.1, -0.05) is 12.1 Å². The first kappa shape index (κ1) is 19.1. The molecule has 1 N–H and O–H groups in total. The molecular weight excluding hydrogens is 328 g/mol. The van der Waals surface area contributed by atoms with Crippen LogP contribution in [0.4, 0.5) is 5.69 Å². The molecule has 138 valence electrons. The molecule has 2 rings (SSSR count). The second-order valence-corrected chi connectivity index (χ2v) is 6.02. The van der Waals surface area contributed by atoms with Crippen LogP contribution in [0.2, 0.25) is 0 Å². The maximum atomic E-state index is 11.7. The number of carbonyl (C=O) groups excluding carboxylic acids is 1. The lowest BCUT2D eigenvalue weighted by atomic mass is 9.97. The Kier molecular flexibility index (Phi) is 7.15. The van der Waals surface area contributed by atoms with Crippen molar-refractivity contribution in [3.63, 3.8) is 0 Å². The van der Waals surface area contributed by atoms with Crippen molar-refractivity contribution in [1.82, 2.24) is 4.90 Å². The molecule has 1 aromatic rings. The van der Waals surface area contributed by atoms with Crippen LogP contribution in [-0.4, -0.2) is 59.9 Å². The molecule has 0 spiro atoms. The molecule has 0 aromatic heterocycles. The van der Waals surface area contributed by atoms with Gasteiger partial charge >= 0.3 is 11.7 Å². The lowest BCUT2D eigenvalue weighted by Crippen LogP contribution is -2.42. The van der Waals surface area contributed by atoms with E-state index in [1.807, 2.05) is 0 Å². The second kappa shape index (κ2) is 9.33. The number of nitro benzene ring substituents is 1. The normalized spacial score (nSPS) is 17.0. The third-order valence-corrected chi connectivity index (χ3v) is 4.17. The van der Waals surface area contributed by atoms with Gasteiger partial charge in [0, 0.05) is 12.6 Å². The molecule has 25 heavy (non-hydrogen) atoms. The van der Waals surface area contributed by atoms with Crippen LogP contribution in [0.15, 0.2) is 24.3 Å². The average molecular weight is 352 g/mol. The van der Waals surface area contributed by atoms with Crippen molar-refractivity contribution in [3.8, 4) is 5.75 Å². The predicted molar refractivity (Wildman–Crippen MR) is 90.4 cm³/mol. The fourth-order valence-electron chi connectivity index (χ4n) is 2.88. The maximum Gasteiger partial charge on any atom is 0.310 e. The number of rotatable bonds is 8. The molecule has 8 nitrogen and oxygen atoms in total. The summed E-state index contributed by atoms with van der Waals surface area (Å²) in [5.41, 5.74) is -0.120. The van der Waals surface area contributed by atoms with E-state index in [9.17, 15) is 20.0 Å². The standard InChI is InChI=1S/C17H24N2O6/c1-2-24-17(21)13-7-9-18(10-8-13)11-14(20)12-25-16-6-4-3-5-15(16)19(22)23/h3-6,13-14,20H,2,7-12H2,1H3. The Hall–Kier alpha value is -2.19. The van der Waals surface area contributed by atoms with E-state index in [0.29, 0.717) is 39.1 Å². The molecular formula is C17H24N2O6. The molecule has 0 saturated carbocycles. The Morgan fingerprint density at radius 3 is 2.72 bits per heavy atom. The minimum atomic E-state index is -0.765. The smallest absolute Gasteiger partial charge is 0.310 e. The van der Waals surface area contributed by atoms with E-state index in [1.165, 1.54) is 12.1 Å². The molecule has 1 aliphatic rings. The topological polar surface area (TPSA) is 102 Å². The number of para-hydroxylation sites is 2. The van der Waals surface area contributed by atoms with Crippen LogP contribution in [0.25, 0.3) is 0 Å². The van der Waals surface area contributed by atoms with E-state index in [-0.39, 0.29) is 29.9 Å². The number of piperidine rings is 1. The van der Waals surface area contributed by atoms with Gasteiger partial charge in [0.2, 0.25) is 0 Å². The highest BCUT2D eigenvalue weighted by molar-refractivity contribution is 5.72. The van der Waals surface area contributed by atoms with Gasteiger partial charge in [-0.25, -0.2) is 0 Å².